The Labute approximate surface area is 200 Å². The van der Waals surface area contributed by atoms with Gasteiger partial charge in [0, 0.05) is 23.5 Å². The molecule has 10 heteroatoms. The van der Waals surface area contributed by atoms with Gasteiger partial charge < -0.3 is 20.1 Å². The standard InChI is InChI=1S/C24H22N6O3S/c1-14-20(23(31)27-15-6-4-10-25-13-15)21(17-9-8-16(32-2)12-18(17)33-3)30-24(26-14)28-22(29-30)19-7-5-11-34-19/h4-13,21H,1-3H3,(H,27,31)(H,26,28,29). The van der Waals surface area contributed by atoms with Crippen LogP contribution in [0.15, 0.2) is 71.5 Å². The fourth-order valence-electron chi connectivity index (χ4n) is 3.92. The number of aromatic nitrogens is 4. The highest BCUT2D eigenvalue weighted by Gasteiger charge is 2.36. The fourth-order valence-corrected chi connectivity index (χ4v) is 4.58. The molecule has 1 unspecified atom stereocenters. The molecule has 0 saturated heterocycles. The van der Waals surface area contributed by atoms with Crippen LogP contribution in [0.25, 0.3) is 10.7 Å². The lowest BCUT2D eigenvalue weighted by molar-refractivity contribution is -0.113. The third-order valence-corrected chi connectivity index (χ3v) is 6.36. The maximum Gasteiger partial charge on any atom is 0.255 e. The second kappa shape index (κ2) is 8.99. The van der Waals surface area contributed by atoms with E-state index in [1.54, 1.807) is 60.8 Å². The van der Waals surface area contributed by atoms with Gasteiger partial charge in [0.15, 0.2) is 5.82 Å². The molecule has 0 fully saturated rings. The van der Waals surface area contributed by atoms with Crippen LogP contribution in [0, 0.1) is 0 Å². The zero-order chi connectivity index (χ0) is 23.7. The number of allylic oxidation sites excluding steroid dienone is 1. The van der Waals surface area contributed by atoms with E-state index in [4.69, 9.17) is 19.6 Å². The molecule has 1 amide bonds. The van der Waals surface area contributed by atoms with Crippen molar-refractivity contribution in [3.05, 3.63) is 77.1 Å². The summed E-state index contributed by atoms with van der Waals surface area (Å²) in [4.78, 5) is 23.3. The summed E-state index contributed by atoms with van der Waals surface area (Å²) in [6.07, 6.45) is 3.25. The third kappa shape index (κ3) is 3.88. The second-order valence-electron chi connectivity index (χ2n) is 7.55. The minimum Gasteiger partial charge on any atom is -0.497 e. The Kier molecular flexibility index (Phi) is 5.72. The summed E-state index contributed by atoms with van der Waals surface area (Å²) in [7, 11) is 3.18. The van der Waals surface area contributed by atoms with Crippen LogP contribution in [-0.2, 0) is 4.79 Å². The van der Waals surface area contributed by atoms with Crippen molar-refractivity contribution in [2.75, 3.05) is 24.9 Å². The number of fused-ring (bicyclic) bond motifs is 1. The van der Waals surface area contributed by atoms with E-state index in [9.17, 15) is 4.79 Å². The fraction of sp³-hybridized carbons (Fsp3) is 0.167. The van der Waals surface area contributed by atoms with Crippen LogP contribution in [0.1, 0.15) is 18.5 Å². The first-order valence-electron chi connectivity index (χ1n) is 10.5. The summed E-state index contributed by atoms with van der Waals surface area (Å²) in [5, 5.41) is 13.0. The molecule has 1 atom stereocenters. The van der Waals surface area contributed by atoms with Crippen LogP contribution in [0.4, 0.5) is 11.6 Å². The number of thiophene rings is 1. The number of methoxy groups -OCH3 is 2. The molecule has 4 heterocycles. The van der Waals surface area contributed by atoms with Gasteiger partial charge in [-0.25, -0.2) is 4.68 Å². The zero-order valence-corrected chi connectivity index (χ0v) is 19.6. The van der Waals surface area contributed by atoms with E-state index < -0.39 is 6.04 Å². The highest BCUT2D eigenvalue weighted by molar-refractivity contribution is 7.13. The third-order valence-electron chi connectivity index (χ3n) is 5.49. The first-order valence-corrected chi connectivity index (χ1v) is 11.4. The van der Waals surface area contributed by atoms with Gasteiger partial charge in [-0.2, -0.15) is 4.98 Å². The lowest BCUT2D eigenvalue weighted by atomic mass is 9.94. The van der Waals surface area contributed by atoms with Crippen LogP contribution in [-0.4, -0.2) is 39.9 Å². The van der Waals surface area contributed by atoms with Crippen molar-refractivity contribution in [1.29, 1.82) is 0 Å². The quantitative estimate of drug-likeness (QED) is 0.428. The molecule has 4 aromatic rings. The van der Waals surface area contributed by atoms with Crippen LogP contribution in [0.2, 0.25) is 0 Å². The number of nitrogens with zero attached hydrogens (tertiary/aromatic N) is 4. The molecular formula is C24H22N6O3S. The Balaban J connectivity index is 1.65. The van der Waals surface area contributed by atoms with E-state index in [1.807, 2.05) is 36.6 Å². The van der Waals surface area contributed by atoms with Gasteiger partial charge in [-0.05, 0) is 42.6 Å². The molecule has 1 aliphatic rings. The summed E-state index contributed by atoms with van der Waals surface area (Å²) in [5.41, 5.74) is 2.51. The predicted molar refractivity (Wildman–Crippen MR) is 130 cm³/mol. The molecule has 2 N–H and O–H groups in total. The van der Waals surface area contributed by atoms with E-state index >= 15 is 0 Å². The molecule has 0 saturated carbocycles. The summed E-state index contributed by atoms with van der Waals surface area (Å²) < 4.78 is 12.8. The Bertz CT molecular complexity index is 1360. The number of carbonyl (C=O) groups is 1. The summed E-state index contributed by atoms with van der Waals surface area (Å²) in [6.45, 7) is 1.85. The SMILES string of the molecule is COc1ccc(C2C(C(=O)Nc3cccnc3)=C(C)Nc3nc(-c4cccs4)nn32)c(OC)c1. The average molecular weight is 475 g/mol. The minimum atomic E-state index is -0.588. The summed E-state index contributed by atoms with van der Waals surface area (Å²) in [5.74, 6) is 2.07. The smallest absolute Gasteiger partial charge is 0.255 e. The average Bonchev–Trinajstić information content (AvgIpc) is 3.53. The number of anilines is 2. The van der Waals surface area contributed by atoms with E-state index in [0.717, 1.165) is 10.4 Å². The van der Waals surface area contributed by atoms with Gasteiger partial charge in [-0.1, -0.05) is 6.07 Å². The largest absolute Gasteiger partial charge is 0.497 e. The maximum absolute atomic E-state index is 13.6. The second-order valence-corrected chi connectivity index (χ2v) is 8.50. The zero-order valence-electron chi connectivity index (χ0n) is 18.8. The van der Waals surface area contributed by atoms with Crippen molar-refractivity contribution < 1.29 is 14.3 Å². The molecule has 1 aromatic carbocycles. The van der Waals surface area contributed by atoms with Gasteiger partial charge in [-0.15, -0.1) is 16.4 Å². The highest BCUT2D eigenvalue weighted by atomic mass is 32.1. The molecule has 3 aromatic heterocycles. The first kappa shape index (κ1) is 21.7. The molecule has 5 rings (SSSR count). The lowest BCUT2D eigenvalue weighted by Crippen LogP contribution is -2.31. The topological polar surface area (TPSA) is 103 Å². The van der Waals surface area contributed by atoms with Gasteiger partial charge >= 0.3 is 0 Å². The molecule has 1 aliphatic heterocycles. The number of pyridine rings is 1. The van der Waals surface area contributed by atoms with Crippen molar-refractivity contribution >= 4 is 28.9 Å². The number of nitrogens with one attached hydrogen (secondary N) is 2. The summed E-state index contributed by atoms with van der Waals surface area (Å²) >= 11 is 1.55. The van der Waals surface area contributed by atoms with Gasteiger partial charge in [-0.3, -0.25) is 9.78 Å². The summed E-state index contributed by atoms with van der Waals surface area (Å²) in [6, 6.07) is 12.4. The van der Waals surface area contributed by atoms with E-state index in [-0.39, 0.29) is 5.91 Å². The monoisotopic (exact) mass is 474 g/mol. The van der Waals surface area contributed by atoms with Crippen LogP contribution >= 0.6 is 11.3 Å². The molecule has 0 bridgehead atoms. The molecule has 0 radical (unpaired) electrons. The molecular weight excluding hydrogens is 452 g/mol. The van der Waals surface area contributed by atoms with Crippen molar-refractivity contribution in [1.82, 2.24) is 19.7 Å². The van der Waals surface area contributed by atoms with Gasteiger partial charge in [0.2, 0.25) is 5.95 Å². The predicted octanol–water partition coefficient (Wildman–Crippen LogP) is 4.35. The normalized spacial score (nSPS) is 14.9. The Morgan fingerprint density at radius 3 is 2.76 bits per heavy atom. The van der Waals surface area contributed by atoms with Gasteiger partial charge in [0.05, 0.1) is 36.6 Å². The Hall–Kier alpha value is -4.18. The number of hydrogen-bond donors (Lipinski definition) is 2. The van der Waals surface area contributed by atoms with Crippen LogP contribution < -0.4 is 20.1 Å². The molecule has 34 heavy (non-hydrogen) atoms. The van der Waals surface area contributed by atoms with E-state index in [2.05, 4.69) is 15.6 Å². The van der Waals surface area contributed by atoms with E-state index in [0.29, 0.717) is 40.2 Å². The van der Waals surface area contributed by atoms with Crippen molar-refractivity contribution in [3.63, 3.8) is 0 Å². The Morgan fingerprint density at radius 1 is 1.18 bits per heavy atom. The molecule has 0 aliphatic carbocycles. The number of carbonyl (C=O) groups excluding carboxylic acids is 1. The number of amides is 1. The Morgan fingerprint density at radius 2 is 2.06 bits per heavy atom. The molecule has 9 nitrogen and oxygen atoms in total. The minimum absolute atomic E-state index is 0.278. The molecule has 172 valence electrons. The maximum atomic E-state index is 13.6. The number of benzene rings is 1. The van der Waals surface area contributed by atoms with Crippen molar-refractivity contribution in [2.24, 2.45) is 0 Å². The lowest BCUT2D eigenvalue weighted by Gasteiger charge is -2.29. The first-order chi connectivity index (χ1) is 16.6. The van der Waals surface area contributed by atoms with E-state index in [1.165, 1.54) is 0 Å². The van der Waals surface area contributed by atoms with Gasteiger partial charge in [0.25, 0.3) is 5.91 Å². The number of ether oxygens (including phenoxy) is 2. The van der Waals surface area contributed by atoms with Crippen molar-refractivity contribution in [2.45, 2.75) is 13.0 Å². The van der Waals surface area contributed by atoms with Crippen LogP contribution in [0.3, 0.4) is 0 Å². The molecule has 0 spiro atoms. The van der Waals surface area contributed by atoms with Crippen molar-refractivity contribution in [3.8, 4) is 22.2 Å². The highest BCUT2D eigenvalue weighted by Crippen LogP contribution is 2.41. The number of rotatable bonds is 6. The van der Waals surface area contributed by atoms with Crippen LogP contribution in [0.5, 0.6) is 11.5 Å². The van der Waals surface area contributed by atoms with Gasteiger partial charge in [0.1, 0.15) is 17.5 Å². The number of hydrogen-bond acceptors (Lipinski definition) is 8.